The van der Waals surface area contributed by atoms with Crippen LogP contribution in [0.5, 0.6) is 0 Å². The molecule has 1 aromatic heterocycles. The zero-order valence-electron chi connectivity index (χ0n) is 16.0. The van der Waals surface area contributed by atoms with E-state index >= 15 is 0 Å². The number of nitrogens with zero attached hydrogens (tertiary/aromatic N) is 1. The molecule has 3 aromatic carbocycles. The molecule has 4 aromatic rings. The quantitative estimate of drug-likeness (QED) is 0.423. The van der Waals surface area contributed by atoms with E-state index in [2.05, 4.69) is 10.3 Å². The lowest BCUT2D eigenvalue weighted by molar-refractivity contribution is -0.137. The number of hydrogen-bond donors (Lipinski definition) is 1. The average Bonchev–Trinajstić information content (AvgIpc) is 2.72. The van der Waals surface area contributed by atoms with Crippen LogP contribution in [0.15, 0.2) is 79.0 Å². The first-order chi connectivity index (χ1) is 14.3. The zero-order chi connectivity index (χ0) is 21.3. The summed E-state index contributed by atoms with van der Waals surface area (Å²) in [5.41, 5.74) is 1.24. The number of halogens is 3. The number of nitrogens with one attached hydrogen (secondary N) is 1. The highest BCUT2D eigenvalue weighted by atomic mass is 19.4. The molecule has 150 valence electrons. The number of pyridine rings is 1. The molecule has 1 N–H and O–H groups in total. The summed E-state index contributed by atoms with van der Waals surface area (Å²) in [7, 11) is 0. The molecule has 3 nitrogen and oxygen atoms in total. The van der Waals surface area contributed by atoms with Crippen molar-refractivity contribution in [2.24, 2.45) is 0 Å². The number of carbonyl (C=O) groups excluding carboxylic acids is 1. The standard InChI is InChI=1S/C24H17F3N2O/c1-15-10-18(8-9-28-15)20-12-21(24(25,26)27)14-22(13-20)29-23(30)19-7-6-16-4-2-3-5-17(16)11-19/h2-14H,1H3,(H,29,30). The number of rotatable bonds is 3. The van der Waals surface area contributed by atoms with Crippen molar-refractivity contribution in [2.75, 3.05) is 5.32 Å². The van der Waals surface area contributed by atoms with E-state index < -0.39 is 17.6 Å². The second-order valence-electron chi connectivity index (χ2n) is 7.00. The molecule has 0 bridgehead atoms. The molecule has 6 heteroatoms. The van der Waals surface area contributed by atoms with Gasteiger partial charge in [0.1, 0.15) is 0 Å². The lowest BCUT2D eigenvalue weighted by atomic mass is 10.0. The lowest BCUT2D eigenvalue weighted by Gasteiger charge is -2.14. The Bertz CT molecular complexity index is 1250. The molecular formula is C24H17F3N2O. The van der Waals surface area contributed by atoms with E-state index in [1.165, 1.54) is 12.3 Å². The molecule has 1 amide bonds. The largest absolute Gasteiger partial charge is 0.416 e. The molecule has 30 heavy (non-hydrogen) atoms. The van der Waals surface area contributed by atoms with Gasteiger partial charge in [-0.1, -0.05) is 30.3 Å². The van der Waals surface area contributed by atoms with Crippen LogP contribution in [-0.4, -0.2) is 10.9 Å². The minimum Gasteiger partial charge on any atom is -0.322 e. The molecule has 0 atom stereocenters. The summed E-state index contributed by atoms with van der Waals surface area (Å²) in [6, 6.07) is 19.6. The number of carbonyl (C=O) groups is 1. The Hall–Kier alpha value is -3.67. The third kappa shape index (κ3) is 4.17. The Morgan fingerprint density at radius 2 is 1.63 bits per heavy atom. The van der Waals surface area contributed by atoms with Crippen LogP contribution in [-0.2, 0) is 6.18 Å². The van der Waals surface area contributed by atoms with E-state index in [9.17, 15) is 18.0 Å². The van der Waals surface area contributed by atoms with Gasteiger partial charge in [-0.15, -0.1) is 0 Å². The Balaban J connectivity index is 1.71. The monoisotopic (exact) mass is 406 g/mol. The van der Waals surface area contributed by atoms with E-state index in [1.807, 2.05) is 30.3 Å². The predicted molar refractivity (Wildman–Crippen MR) is 111 cm³/mol. The maximum atomic E-state index is 13.5. The molecule has 0 aliphatic carbocycles. The third-order valence-electron chi connectivity index (χ3n) is 4.76. The number of anilines is 1. The topological polar surface area (TPSA) is 42.0 Å². The molecule has 0 aliphatic heterocycles. The molecular weight excluding hydrogens is 389 g/mol. The first-order valence-corrected chi connectivity index (χ1v) is 9.25. The first-order valence-electron chi connectivity index (χ1n) is 9.25. The first kappa shape index (κ1) is 19.6. The predicted octanol–water partition coefficient (Wildman–Crippen LogP) is 6.48. The molecule has 4 rings (SSSR count). The van der Waals surface area contributed by atoms with Gasteiger partial charge in [0, 0.05) is 23.1 Å². The maximum absolute atomic E-state index is 13.5. The number of aromatic nitrogens is 1. The van der Waals surface area contributed by atoms with Crippen LogP contribution in [0.25, 0.3) is 21.9 Å². The van der Waals surface area contributed by atoms with Crippen LogP contribution < -0.4 is 5.32 Å². The number of amides is 1. The summed E-state index contributed by atoms with van der Waals surface area (Å²) >= 11 is 0. The summed E-state index contributed by atoms with van der Waals surface area (Å²) in [6.45, 7) is 1.76. The van der Waals surface area contributed by atoms with Crippen molar-refractivity contribution in [3.63, 3.8) is 0 Å². The second kappa shape index (κ2) is 7.63. The minimum absolute atomic E-state index is 0.0763. The Labute approximate surface area is 171 Å². The Kier molecular flexibility index (Phi) is 4.99. The fourth-order valence-electron chi connectivity index (χ4n) is 3.29. The van der Waals surface area contributed by atoms with Gasteiger partial charge in [0.25, 0.3) is 5.91 Å². The van der Waals surface area contributed by atoms with E-state index in [1.54, 1.807) is 31.2 Å². The average molecular weight is 406 g/mol. The highest BCUT2D eigenvalue weighted by Gasteiger charge is 2.31. The van der Waals surface area contributed by atoms with Gasteiger partial charge < -0.3 is 5.32 Å². The van der Waals surface area contributed by atoms with Crippen molar-refractivity contribution >= 4 is 22.4 Å². The van der Waals surface area contributed by atoms with Crippen molar-refractivity contribution in [1.29, 1.82) is 0 Å². The van der Waals surface area contributed by atoms with Gasteiger partial charge in [0.2, 0.25) is 0 Å². The summed E-state index contributed by atoms with van der Waals surface area (Å²) in [6.07, 6.45) is -3.00. The summed E-state index contributed by atoms with van der Waals surface area (Å²) in [4.78, 5) is 16.8. The van der Waals surface area contributed by atoms with Gasteiger partial charge in [-0.05, 0) is 71.3 Å². The fourth-order valence-corrected chi connectivity index (χ4v) is 3.29. The van der Waals surface area contributed by atoms with Crippen molar-refractivity contribution in [3.8, 4) is 11.1 Å². The van der Waals surface area contributed by atoms with Crippen molar-refractivity contribution in [2.45, 2.75) is 13.1 Å². The normalized spacial score (nSPS) is 11.5. The SMILES string of the molecule is Cc1cc(-c2cc(NC(=O)c3ccc4ccccc4c3)cc(C(F)(F)F)c2)ccn1. The van der Waals surface area contributed by atoms with E-state index in [0.717, 1.165) is 22.9 Å². The van der Waals surface area contributed by atoms with Gasteiger partial charge >= 0.3 is 6.18 Å². The van der Waals surface area contributed by atoms with Crippen LogP contribution >= 0.6 is 0 Å². The summed E-state index contributed by atoms with van der Waals surface area (Å²) in [5, 5.41) is 4.46. The number of hydrogen-bond acceptors (Lipinski definition) is 2. The highest BCUT2D eigenvalue weighted by molar-refractivity contribution is 6.06. The fraction of sp³-hybridized carbons (Fsp3) is 0.0833. The van der Waals surface area contributed by atoms with Crippen molar-refractivity contribution in [3.05, 3.63) is 95.8 Å². The van der Waals surface area contributed by atoms with E-state index in [-0.39, 0.29) is 5.69 Å². The molecule has 0 radical (unpaired) electrons. The Morgan fingerprint density at radius 3 is 2.37 bits per heavy atom. The van der Waals surface area contributed by atoms with Gasteiger partial charge in [-0.2, -0.15) is 13.2 Å². The smallest absolute Gasteiger partial charge is 0.322 e. The summed E-state index contributed by atoms with van der Waals surface area (Å²) in [5.74, 6) is -0.475. The molecule has 0 saturated carbocycles. The Morgan fingerprint density at radius 1 is 0.867 bits per heavy atom. The zero-order valence-corrected chi connectivity index (χ0v) is 16.0. The van der Waals surface area contributed by atoms with E-state index in [0.29, 0.717) is 22.4 Å². The highest BCUT2D eigenvalue weighted by Crippen LogP contribution is 2.35. The van der Waals surface area contributed by atoms with Gasteiger partial charge in [0.15, 0.2) is 0 Å². The number of benzene rings is 3. The molecule has 0 fully saturated rings. The van der Waals surface area contributed by atoms with Gasteiger partial charge in [0.05, 0.1) is 5.56 Å². The van der Waals surface area contributed by atoms with Crippen LogP contribution in [0.1, 0.15) is 21.6 Å². The van der Waals surface area contributed by atoms with Crippen LogP contribution in [0, 0.1) is 6.92 Å². The molecule has 0 saturated heterocycles. The number of alkyl halides is 3. The van der Waals surface area contributed by atoms with Crippen LogP contribution in [0.2, 0.25) is 0 Å². The van der Waals surface area contributed by atoms with Crippen molar-refractivity contribution < 1.29 is 18.0 Å². The summed E-state index contributed by atoms with van der Waals surface area (Å²) < 4.78 is 40.4. The van der Waals surface area contributed by atoms with Gasteiger partial charge in [-0.3, -0.25) is 9.78 Å². The van der Waals surface area contributed by atoms with Crippen LogP contribution in [0.4, 0.5) is 18.9 Å². The molecule has 1 heterocycles. The second-order valence-corrected chi connectivity index (χ2v) is 7.00. The maximum Gasteiger partial charge on any atom is 0.416 e. The number of fused-ring (bicyclic) bond motifs is 1. The minimum atomic E-state index is -4.54. The molecule has 0 aliphatic rings. The molecule has 0 unspecified atom stereocenters. The van der Waals surface area contributed by atoms with Crippen molar-refractivity contribution in [1.82, 2.24) is 4.98 Å². The third-order valence-corrected chi connectivity index (χ3v) is 4.76. The van der Waals surface area contributed by atoms with Crippen LogP contribution in [0.3, 0.4) is 0 Å². The number of aryl methyl sites for hydroxylation is 1. The van der Waals surface area contributed by atoms with E-state index in [4.69, 9.17) is 0 Å². The van der Waals surface area contributed by atoms with Gasteiger partial charge in [-0.25, -0.2) is 0 Å². The molecule has 0 spiro atoms. The lowest BCUT2D eigenvalue weighted by Crippen LogP contribution is -2.13.